The average Bonchev–Trinajstić information content (AvgIpc) is 2.49. The van der Waals surface area contributed by atoms with Crippen molar-refractivity contribution in [1.29, 1.82) is 0 Å². The zero-order valence-electron chi connectivity index (χ0n) is 12.7. The Morgan fingerprint density at radius 2 is 1.95 bits per heavy atom. The van der Waals surface area contributed by atoms with Crippen LogP contribution in [0, 0.1) is 5.41 Å². The summed E-state index contributed by atoms with van der Waals surface area (Å²) in [6.07, 6.45) is 0.392. The Morgan fingerprint density at radius 3 is 2.52 bits per heavy atom. The van der Waals surface area contributed by atoms with E-state index in [1.807, 2.05) is 18.2 Å². The van der Waals surface area contributed by atoms with E-state index in [0.29, 0.717) is 19.5 Å². The van der Waals surface area contributed by atoms with E-state index in [0.717, 1.165) is 0 Å². The number of Topliss-reactive ketones (excluding diaryl/α,β-unsaturated/α-hetero) is 1. The Labute approximate surface area is 131 Å². The molecule has 1 heterocycles. The minimum Gasteiger partial charge on any atom is -0.468 e. The van der Waals surface area contributed by atoms with Gasteiger partial charge in [-0.15, -0.1) is 12.4 Å². The van der Waals surface area contributed by atoms with Gasteiger partial charge in [0.05, 0.1) is 7.11 Å². The van der Waals surface area contributed by atoms with Crippen molar-refractivity contribution < 1.29 is 14.3 Å². The van der Waals surface area contributed by atoms with Gasteiger partial charge in [0, 0.05) is 25.6 Å². The van der Waals surface area contributed by atoms with Crippen LogP contribution in [0.4, 0.5) is 0 Å². The molecular weight excluding hydrogens is 290 g/mol. The molecule has 0 N–H and O–H groups in total. The van der Waals surface area contributed by atoms with Gasteiger partial charge in [0.1, 0.15) is 5.41 Å². The molecule has 0 bridgehead atoms. The van der Waals surface area contributed by atoms with Crippen LogP contribution in [-0.4, -0.2) is 36.9 Å². The Bertz CT molecular complexity index is 496. The molecule has 0 amide bonds. The summed E-state index contributed by atoms with van der Waals surface area (Å²) in [6, 6.07) is 10.3. The normalized spacial score (nSPS) is 24.0. The number of carbonyl (C=O) groups excluding carboxylic acids is 2. The van der Waals surface area contributed by atoms with Gasteiger partial charge in [0.25, 0.3) is 0 Å². The highest BCUT2D eigenvalue weighted by molar-refractivity contribution is 6.04. The predicted octanol–water partition coefficient (Wildman–Crippen LogP) is 2.62. The number of hydrogen-bond acceptors (Lipinski definition) is 4. The lowest BCUT2D eigenvalue weighted by Crippen LogP contribution is -2.52. The fraction of sp³-hybridized carbons (Fsp3) is 0.500. The molecule has 1 aromatic rings. The van der Waals surface area contributed by atoms with E-state index in [1.54, 1.807) is 6.92 Å². The second kappa shape index (κ2) is 7.05. The predicted molar refractivity (Wildman–Crippen MR) is 83.4 cm³/mol. The molecule has 1 saturated heterocycles. The van der Waals surface area contributed by atoms with Gasteiger partial charge in [-0.25, -0.2) is 0 Å². The zero-order valence-corrected chi connectivity index (χ0v) is 13.5. The van der Waals surface area contributed by atoms with Crippen LogP contribution in [0.15, 0.2) is 30.3 Å². The summed E-state index contributed by atoms with van der Waals surface area (Å²) in [5.41, 5.74) is 0.143. The van der Waals surface area contributed by atoms with Crippen LogP contribution in [-0.2, 0) is 14.3 Å². The van der Waals surface area contributed by atoms with Crippen LogP contribution in [0.2, 0.25) is 0 Å². The lowest BCUT2D eigenvalue weighted by molar-refractivity contribution is -0.161. The van der Waals surface area contributed by atoms with Crippen LogP contribution >= 0.6 is 12.4 Å². The number of carbonyl (C=O) groups is 2. The largest absolute Gasteiger partial charge is 0.468 e. The molecule has 0 aromatic heterocycles. The molecule has 4 nitrogen and oxygen atoms in total. The topological polar surface area (TPSA) is 46.6 Å². The highest BCUT2D eigenvalue weighted by Gasteiger charge is 2.46. The maximum absolute atomic E-state index is 12.1. The number of methoxy groups -OCH3 is 1. The highest BCUT2D eigenvalue weighted by atomic mass is 35.5. The maximum atomic E-state index is 12.1. The summed E-state index contributed by atoms with van der Waals surface area (Å²) in [7, 11) is 1.33. The molecule has 1 aliphatic rings. The monoisotopic (exact) mass is 311 g/mol. The van der Waals surface area contributed by atoms with Crippen LogP contribution in [0.3, 0.4) is 0 Å². The van der Waals surface area contributed by atoms with E-state index in [2.05, 4.69) is 24.0 Å². The van der Waals surface area contributed by atoms with E-state index in [4.69, 9.17) is 4.74 Å². The molecule has 5 heteroatoms. The lowest BCUT2D eigenvalue weighted by Gasteiger charge is -2.40. The zero-order chi connectivity index (χ0) is 14.8. The number of likely N-dealkylation sites (tertiary alicyclic amines) is 1. The maximum Gasteiger partial charge on any atom is 0.320 e. The molecule has 2 rings (SSSR count). The van der Waals surface area contributed by atoms with Gasteiger partial charge in [0.2, 0.25) is 0 Å². The summed E-state index contributed by atoms with van der Waals surface area (Å²) in [6.45, 7) is 4.88. The van der Waals surface area contributed by atoms with Gasteiger partial charge in [-0.2, -0.15) is 0 Å². The molecule has 1 fully saturated rings. The Hall–Kier alpha value is -1.39. The van der Waals surface area contributed by atoms with Gasteiger partial charge >= 0.3 is 5.97 Å². The quantitative estimate of drug-likeness (QED) is 0.636. The molecule has 1 aromatic carbocycles. The van der Waals surface area contributed by atoms with E-state index in [-0.39, 0.29) is 24.2 Å². The minimum atomic E-state index is -1.05. The van der Waals surface area contributed by atoms with Crippen molar-refractivity contribution in [3.8, 4) is 0 Å². The first-order valence-corrected chi connectivity index (χ1v) is 6.90. The summed E-state index contributed by atoms with van der Waals surface area (Å²) in [4.78, 5) is 26.2. The van der Waals surface area contributed by atoms with Gasteiger partial charge < -0.3 is 4.74 Å². The Morgan fingerprint density at radius 1 is 1.33 bits per heavy atom. The number of esters is 1. The average molecular weight is 312 g/mol. The summed E-state index contributed by atoms with van der Waals surface area (Å²) in [5, 5.41) is 0. The third-order valence-electron chi connectivity index (χ3n) is 4.23. The number of piperidine rings is 1. The van der Waals surface area contributed by atoms with Crippen molar-refractivity contribution in [2.75, 3.05) is 20.2 Å². The number of halogens is 1. The number of ether oxygens (including phenoxy) is 1. The van der Waals surface area contributed by atoms with Crippen molar-refractivity contribution in [2.24, 2.45) is 5.41 Å². The molecule has 1 aliphatic heterocycles. The molecular formula is C16H22ClNO3. The standard InChI is InChI=1S/C16H21NO3.ClH/c1-12(13-7-5-4-6-8-13)17-10-9-14(18)16(2,11-17)15(19)20-3;/h4-8,12H,9-11H2,1-3H3;1H/t12-,16-;/m1./s1. The highest BCUT2D eigenvalue weighted by Crippen LogP contribution is 2.32. The van der Waals surface area contributed by atoms with Gasteiger partial charge in [-0.05, 0) is 19.4 Å². The summed E-state index contributed by atoms with van der Waals surface area (Å²) in [5.74, 6) is -0.465. The number of hydrogen-bond donors (Lipinski definition) is 0. The molecule has 0 radical (unpaired) electrons. The molecule has 116 valence electrons. The van der Waals surface area contributed by atoms with E-state index in [1.165, 1.54) is 12.7 Å². The first-order valence-electron chi connectivity index (χ1n) is 6.90. The number of ketones is 1. The van der Waals surface area contributed by atoms with Crippen LogP contribution in [0.25, 0.3) is 0 Å². The summed E-state index contributed by atoms with van der Waals surface area (Å²) < 4.78 is 4.81. The number of nitrogens with zero attached hydrogens (tertiary/aromatic N) is 1. The van der Waals surface area contributed by atoms with E-state index < -0.39 is 11.4 Å². The van der Waals surface area contributed by atoms with Gasteiger partial charge in [-0.1, -0.05) is 30.3 Å². The Balaban J connectivity index is 0.00000220. The number of rotatable bonds is 3. The molecule has 0 spiro atoms. The van der Waals surface area contributed by atoms with Crippen molar-refractivity contribution in [3.05, 3.63) is 35.9 Å². The smallest absolute Gasteiger partial charge is 0.320 e. The van der Waals surface area contributed by atoms with Crippen molar-refractivity contribution >= 4 is 24.2 Å². The van der Waals surface area contributed by atoms with E-state index in [9.17, 15) is 9.59 Å². The Kier molecular flexibility index (Phi) is 5.93. The molecule has 0 unspecified atom stereocenters. The third kappa shape index (κ3) is 3.44. The van der Waals surface area contributed by atoms with E-state index >= 15 is 0 Å². The second-order valence-electron chi connectivity index (χ2n) is 5.55. The molecule has 0 aliphatic carbocycles. The summed E-state index contributed by atoms with van der Waals surface area (Å²) >= 11 is 0. The first-order chi connectivity index (χ1) is 9.49. The fourth-order valence-corrected chi connectivity index (χ4v) is 2.77. The third-order valence-corrected chi connectivity index (χ3v) is 4.23. The molecule has 21 heavy (non-hydrogen) atoms. The lowest BCUT2D eigenvalue weighted by atomic mass is 9.80. The molecule has 2 atom stereocenters. The molecule has 0 saturated carbocycles. The van der Waals surface area contributed by atoms with Crippen LogP contribution in [0.5, 0.6) is 0 Å². The SMILES string of the molecule is COC(=O)[C@]1(C)CN([C@H](C)c2ccccc2)CCC1=O.Cl. The van der Waals surface area contributed by atoms with Crippen molar-refractivity contribution in [3.63, 3.8) is 0 Å². The van der Waals surface area contributed by atoms with Crippen molar-refractivity contribution in [1.82, 2.24) is 4.90 Å². The first kappa shape index (κ1) is 17.7. The second-order valence-corrected chi connectivity index (χ2v) is 5.55. The minimum absolute atomic E-state index is 0. The number of benzene rings is 1. The fourth-order valence-electron chi connectivity index (χ4n) is 2.77. The van der Waals surface area contributed by atoms with Crippen molar-refractivity contribution in [2.45, 2.75) is 26.3 Å². The van der Waals surface area contributed by atoms with Gasteiger partial charge in [-0.3, -0.25) is 14.5 Å². The van der Waals surface area contributed by atoms with Crippen LogP contribution in [0.1, 0.15) is 31.9 Å². The van der Waals surface area contributed by atoms with Crippen LogP contribution < -0.4 is 0 Å². The van der Waals surface area contributed by atoms with Gasteiger partial charge in [0.15, 0.2) is 5.78 Å².